The van der Waals surface area contributed by atoms with E-state index in [1.165, 1.54) is 0 Å². The highest BCUT2D eigenvalue weighted by Gasteiger charge is 2.35. The molecule has 1 saturated heterocycles. The lowest BCUT2D eigenvalue weighted by Gasteiger charge is -2.12. The van der Waals surface area contributed by atoms with Crippen LogP contribution in [0.4, 0.5) is 10.5 Å². The van der Waals surface area contributed by atoms with Crippen molar-refractivity contribution in [2.45, 2.75) is 20.8 Å². The molecule has 38 heavy (non-hydrogen) atoms. The van der Waals surface area contributed by atoms with Gasteiger partial charge in [-0.25, -0.2) is 9.69 Å². The molecule has 190 valence electrons. The van der Waals surface area contributed by atoms with Crippen LogP contribution in [0.5, 0.6) is 0 Å². The number of aryl methyl sites for hydroxylation is 2. The molecular weight excluding hydrogens is 476 g/mol. The van der Waals surface area contributed by atoms with Gasteiger partial charge in [-0.2, -0.15) is 0 Å². The van der Waals surface area contributed by atoms with E-state index in [0.717, 1.165) is 44.2 Å². The van der Waals surface area contributed by atoms with Crippen LogP contribution in [0.3, 0.4) is 0 Å². The molecule has 4 aromatic rings. The predicted molar refractivity (Wildman–Crippen MR) is 149 cm³/mol. The Hall–Kier alpha value is -4.91. The number of amides is 4. The fourth-order valence-corrected chi connectivity index (χ4v) is 4.70. The van der Waals surface area contributed by atoms with Crippen LogP contribution in [0.25, 0.3) is 22.9 Å². The van der Waals surface area contributed by atoms with Crippen molar-refractivity contribution in [1.29, 1.82) is 0 Å². The van der Waals surface area contributed by atoms with Crippen molar-refractivity contribution in [3.63, 3.8) is 0 Å². The first-order chi connectivity index (χ1) is 18.3. The molecular formula is C31H28N4O3. The van der Waals surface area contributed by atoms with Crippen molar-refractivity contribution in [3.05, 3.63) is 113 Å². The van der Waals surface area contributed by atoms with Crippen molar-refractivity contribution in [1.82, 2.24) is 14.8 Å². The third-order valence-electron chi connectivity index (χ3n) is 6.57. The van der Waals surface area contributed by atoms with Crippen molar-refractivity contribution in [2.75, 3.05) is 11.9 Å². The van der Waals surface area contributed by atoms with Gasteiger partial charge in [0.25, 0.3) is 5.91 Å². The van der Waals surface area contributed by atoms with E-state index in [2.05, 4.69) is 51.6 Å². The molecule has 0 spiro atoms. The number of urea groups is 1. The van der Waals surface area contributed by atoms with E-state index in [-0.39, 0.29) is 12.2 Å². The van der Waals surface area contributed by atoms with Gasteiger partial charge in [0.2, 0.25) is 5.91 Å². The summed E-state index contributed by atoms with van der Waals surface area (Å²) in [6, 6.07) is 27.2. The zero-order valence-electron chi connectivity index (χ0n) is 21.5. The summed E-state index contributed by atoms with van der Waals surface area (Å²) in [6.07, 6.45) is 1.66. The minimum atomic E-state index is -0.619. The molecule has 2 N–H and O–H groups in total. The van der Waals surface area contributed by atoms with Gasteiger partial charge in [-0.1, -0.05) is 54.6 Å². The lowest BCUT2D eigenvalue weighted by Crippen LogP contribution is -2.38. The Kier molecular flexibility index (Phi) is 6.66. The normalized spacial score (nSPS) is 14.2. The van der Waals surface area contributed by atoms with Crippen molar-refractivity contribution in [2.24, 2.45) is 0 Å². The second-order valence-electron chi connectivity index (χ2n) is 9.37. The number of benzene rings is 3. The Balaban J connectivity index is 1.33. The van der Waals surface area contributed by atoms with E-state index in [9.17, 15) is 14.4 Å². The molecule has 1 aliphatic heterocycles. The van der Waals surface area contributed by atoms with E-state index >= 15 is 0 Å². The number of rotatable bonds is 6. The maximum atomic E-state index is 13.0. The van der Waals surface area contributed by atoms with Gasteiger partial charge in [0.05, 0.1) is 0 Å². The molecule has 0 saturated carbocycles. The molecule has 0 atom stereocenters. The molecule has 7 heteroatoms. The fraction of sp³-hybridized carbons (Fsp3) is 0.129. The number of nitrogens with one attached hydrogen (secondary N) is 2. The van der Waals surface area contributed by atoms with Crippen LogP contribution in [0.15, 0.2) is 90.6 Å². The molecule has 4 amide bonds. The smallest absolute Gasteiger partial charge is 0.325 e. The molecule has 0 aliphatic carbocycles. The van der Waals surface area contributed by atoms with Gasteiger partial charge in [-0.3, -0.25) is 9.59 Å². The summed E-state index contributed by atoms with van der Waals surface area (Å²) in [5, 5.41) is 5.34. The minimum absolute atomic E-state index is 0.137. The summed E-state index contributed by atoms with van der Waals surface area (Å²) in [4.78, 5) is 38.9. The molecule has 7 nitrogen and oxygen atoms in total. The lowest BCUT2D eigenvalue weighted by molar-refractivity contribution is -0.127. The Morgan fingerprint density at radius 2 is 1.58 bits per heavy atom. The number of imide groups is 1. The van der Waals surface area contributed by atoms with Crippen LogP contribution in [0, 0.1) is 20.8 Å². The summed E-state index contributed by atoms with van der Waals surface area (Å²) < 4.78 is 2.11. The second kappa shape index (κ2) is 10.2. The number of carbonyl (C=O) groups is 3. The van der Waals surface area contributed by atoms with Crippen molar-refractivity contribution < 1.29 is 14.4 Å². The van der Waals surface area contributed by atoms with Crippen LogP contribution in [-0.4, -0.2) is 33.9 Å². The van der Waals surface area contributed by atoms with E-state index in [4.69, 9.17) is 0 Å². The first-order valence-corrected chi connectivity index (χ1v) is 12.4. The molecule has 1 aromatic heterocycles. The number of aromatic nitrogens is 1. The summed E-state index contributed by atoms with van der Waals surface area (Å²) >= 11 is 0. The second-order valence-corrected chi connectivity index (χ2v) is 9.37. The summed E-state index contributed by atoms with van der Waals surface area (Å²) in [5.74, 6) is -0.983. The lowest BCUT2D eigenvalue weighted by atomic mass is 10.1. The van der Waals surface area contributed by atoms with Gasteiger partial charge < -0.3 is 15.2 Å². The van der Waals surface area contributed by atoms with E-state index < -0.39 is 17.8 Å². The topological polar surface area (TPSA) is 83.4 Å². The third kappa shape index (κ3) is 4.99. The number of carbonyl (C=O) groups excluding carboxylic acids is 3. The van der Waals surface area contributed by atoms with Crippen LogP contribution >= 0.6 is 0 Å². The van der Waals surface area contributed by atoms with Crippen LogP contribution in [0.1, 0.15) is 22.5 Å². The summed E-state index contributed by atoms with van der Waals surface area (Å²) in [7, 11) is 0. The van der Waals surface area contributed by atoms with Crippen molar-refractivity contribution in [3.8, 4) is 16.8 Å². The quantitative estimate of drug-likeness (QED) is 0.265. The highest BCUT2D eigenvalue weighted by Crippen LogP contribution is 2.26. The third-order valence-corrected chi connectivity index (χ3v) is 6.57. The SMILES string of the molecule is Cc1cccc(NC(=O)CN2C(=O)N/C(=C\c3cc(C)n(-c4ccc(-c5ccccc5)cc4)c3C)C2=O)c1. The average Bonchev–Trinajstić information content (AvgIpc) is 3.33. The monoisotopic (exact) mass is 504 g/mol. The minimum Gasteiger partial charge on any atom is -0.325 e. The van der Waals surface area contributed by atoms with Crippen LogP contribution < -0.4 is 10.6 Å². The molecule has 3 aromatic carbocycles. The van der Waals surface area contributed by atoms with E-state index in [0.29, 0.717) is 5.69 Å². The first kappa shape index (κ1) is 24.8. The average molecular weight is 505 g/mol. The van der Waals surface area contributed by atoms with E-state index in [1.807, 2.05) is 63.2 Å². The molecule has 2 heterocycles. The van der Waals surface area contributed by atoms with Gasteiger partial charge in [0.15, 0.2) is 0 Å². The van der Waals surface area contributed by atoms with Gasteiger partial charge in [0, 0.05) is 22.8 Å². The maximum Gasteiger partial charge on any atom is 0.329 e. The molecule has 5 rings (SSSR count). The Morgan fingerprint density at radius 3 is 2.29 bits per heavy atom. The van der Waals surface area contributed by atoms with Gasteiger partial charge >= 0.3 is 6.03 Å². The highest BCUT2D eigenvalue weighted by molar-refractivity contribution is 6.16. The molecule has 1 fully saturated rings. The number of hydrogen-bond donors (Lipinski definition) is 2. The largest absolute Gasteiger partial charge is 0.329 e. The number of anilines is 1. The zero-order chi connectivity index (χ0) is 26.8. The Labute approximate surface area is 221 Å². The van der Waals surface area contributed by atoms with Gasteiger partial charge in [-0.05, 0) is 79.4 Å². The van der Waals surface area contributed by atoms with Gasteiger partial charge in [-0.15, -0.1) is 0 Å². The fourth-order valence-electron chi connectivity index (χ4n) is 4.70. The van der Waals surface area contributed by atoms with E-state index in [1.54, 1.807) is 12.1 Å². The first-order valence-electron chi connectivity index (χ1n) is 12.4. The Bertz CT molecular complexity index is 1570. The molecule has 0 unspecified atom stereocenters. The van der Waals surface area contributed by atoms with Crippen LogP contribution in [-0.2, 0) is 9.59 Å². The molecule has 0 radical (unpaired) electrons. The molecule has 0 bridgehead atoms. The number of nitrogens with zero attached hydrogens (tertiary/aromatic N) is 2. The standard InChI is InChI=1S/C31H28N4O3/c1-20-8-7-11-26(16-20)32-29(36)19-34-30(37)28(33-31(34)38)18-25-17-21(2)35(22(25)3)27-14-12-24(13-15-27)23-9-5-4-6-10-23/h4-18H,19H2,1-3H3,(H,32,36)(H,33,38)/b28-18-. The van der Waals surface area contributed by atoms with Crippen LogP contribution in [0.2, 0.25) is 0 Å². The maximum absolute atomic E-state index is 13.0. The summed E-state index contributed by atoms with van der Waals surface area (Å²) in [5.41, 5.74) is 7.76. The summed E-state index contributed by atoms with van der Waals surface area (Å²) in [6.45, 7) is 5.51. The van der Waals surface area contributed by atoms with Crippen molar-refractivity contribution >= 4 is 29.6 Å². The Morgan fingerprint density at radius 1 is 0.868 bits per heavy atom. The van der Waals surface area contributed by atoms with Gasteiger partial charge in [0.1, 0.15) is 12.2 Å². The predicted octanol–water partition coefficient (Wildman–Crippen LogP) is 5.60. The number of hydrogen-bond acceptors (Lipinski definition) is 3. The highest BCUT2D eigenvalue weighted by atomic mass is 16.2. The molecule has 1 aliphatic rings. The zero-order valence-corrected chi connectivity index (χ0v) is 21.5.